The molecule has 15 heavy (non-hydrogen) atoms. The fourth-order valence-corrected chi connectivity index (χ4v) is 2.30. The van der Waals surface area contributed by atoms with Gasteiger partial charge < -0.3 is 4.74 Å². The number of carbonyl (C=O) groups excluding carboxylic acids is 1. The largest absolute Gasteiger partial charge is 0.460 e. The van der Waals surface area contributed by atoms with Crippen LogP contribution in [0.15, 0.2) is 0 Å². The molecule has 0 spiro atoms. The first-order valence-corrected chi connectivity index (χ1v) is 5.82. The highest BCUT2D eigenvalue weighted by Crippen LogP contribution is 2.24. The lowest BCUT2D eigenvalue weighted by atomic mass is 10.2. The molecule has 0 bridgehead atoms. The van der Waals surface area contributed by atoms with Gasteiger partial charge in [-0.3, -0.25) is 0 Å². The number of rotatable bonds is 1. The number of hydrogen-bond acceptors (Lipinski definition) is 4. The summed E-state index contributed by atoms with van der Waals surface area (Å²) in [6.07, 6.45) is -0.391. The second-order valence-corrected chi connectivity index (χ2v) is 5.72. The van der Waals surface area contributed by atoms with Crippen molar-refractivity contribution in [1.82, 2.24) is 4.31 Å². The van der Waals surface area contributed by atoms with Gasteiger partial charge in [-0.25, -0.2) is 4.79 Å². The Bertz CT molecular complexity index is 241. The average molecular weight is 236 g/mol. The van der Waals surface area contributed by atoms with Gasteiger partial charge in [-0.05, 0) is 27.7 Å². The average Bonchev–Trinajstić information content (AvgIpc) is 2.43. The molecule has 0 aromatic rings. The van der Waals surface area contributed by atoms with E-state index in [0.29, 0.717) is 6.61 Å². The van der Waals surface area contributed by atoms with Crippen molar-refractivity contribution in [2.45, 2.75) is 39.3 Å². The van der Waals surface area contributed by atoms with Gasteiger partial charge in [0.15, 0.2) is 0 Å². The van der Waals surface area contributed by atoms with Gasteiger partial charge in [0.25, 0.3) is 0 Å². The zero-order valence-electron chi connectivity index (χ0n) is 9.77. The summed E-state index contributed by atoms with van der Waals surface area (Å²) in [6, 6.07) is -0.0110. The third kappa shape index (κ3) is 3.25. The van der Waals surface area contributed by atoms with E-state index in [1.54, 1.807) is 0 Å². The molecule has 0 aromatic carbocycles. The lowest BCUT2D eigenvalue weighted by Gasteiger charge is -2.21. The van der Waals surface area contributed by atoms with Crippen LogP contribution in [0.25, 0.3) is 0 Å². The Hall–Kier alpha value is -0.460. The van der Waals surface area contributed by atoms with Crippen LogP contribution in [-0.2, 0) is 24.7 Å². The molecule has 0 radical (unpaired) electrons. The highest BCUT2D eigenvalue weighted by molar-refractivity contribution is 7.86. The molecule has 5 nitrogen and oxygen atoms in total. The third-order valence-electron chi connectivity index (χ3n) is 1.69. The molecule has 6 heteroatoms. The van der Waals surface area contributed by atoms with Crippen LogP contribution in [-0.4, -0.2) is 35.8 Å². The summed E-state index contributed by atoms with van der Waals surface area (Å²) in [6.45, 7) is 7.87. The summed E-state index contributed by atoms with van der Waals surface area (Å²) in [5, 5.41) is 0. The topological polar surface area (TPSA) is 48.0 Å². The second-order valence-electron chi connectivity index (χ2n) is 4.32. The highest BCUT2D eigenvalue weighted by Gasteiger charge is 2.51. The van der Waals surface area contributed by atoms with Gasteiger partial charge in [0.2, 0.25) is 0 Å². The number of nitrogens with zero attached hydrogens (tertiary/aromatic N) is 1. The van der Waals surface area contributed by atoms with Gasteiger partial charge in [0, 0.05) is 0 Å². The lowest BCUT2D eigenvalue weighted by molar-refractivity contribution is 0.0364. The van der Waals surface area contributed by atoms with Gasteiger partial charge in [-0.15, -0.1) is 8.37 Å². The maximum Gasteiger partial charge on any atom is 0.460 e. The molecular weight excluding hydrogens is 218 g/mol. The summed E-state index contributed by atoms with van der Waals surface area (Å²) in [4.78, 5) is 11.8. The third-order valence-corrected chi connectivity index (χ3v) is 3.14. The van der Waals surface area contributed by atoms with Crippen LogP contribution in [0.4, 0.5) is 4.79 Å². The maximum absolute atomic E-state index is 11.8. The van der Waals surface area contributed by atoms with E-state index in [0.717, 1.165) is 0 Å². The van der Waals surface area contributed by atoms with Crippen LogP contribution in [0.3, 0.4) is 0 Å². The van der Waals surface area contributed by atoms with Crippen molar-refractivity contribution in [1.29, 1.82) is 0 Å². The van der Waals surface area contributed by atoms with Gasteiger partial charge >= 0.3 is 17.7 Å². The van der Waals surface area contributed by atoms with Gasteiger partial charge in [-0.1, -0.05) is 4.31 Å². The minimum atomic E-state index is -0.908. The van der Waals surface area contributed by atoms with E-state index in [1.807, 2.05) is 27.7 Å². The van der Waals surface area contributed by atoms with Crippen molar-refractivity contribution < 1.29 is 17.9 Å². The predicted molar refractivity (Wildman–Crippen MR) is 57.9 cm³/mol. The summed E-state index contributed by atoms with van der Waals surface area (Å²) < 4.78 is 17.1. The van der Waals surface area contributed by atoms with Crippen molar-refractivity contribution in [3.05, 3.63) is 0 Å². The highest BCUT2D eigenvalue weighted by atomic mass is 32.2. The summed E-state index contributed by atoms with van der Waals surface area (Å²) in [7, 11) is 1.51. The minimum absolute atomic E-state index is 0.0110. The molecule has 1 aliphatic rings. The number of carbonyl (C=O) groups is 1. The maximum atomic E-state index is 11.8. The van der Waals surface area contributed by atoms with Gasteiger partial charge in [0.1, 0.15) is 18.2 Å². The quantitative estimate of drug-likeness (QED) is 0.650. The van der Waals surface area contributed by atoms with Crippen molar-refractivity contribution in [2.75, 3.05) is 13.7 Å². The first kappa shape index (κ1) is 12.6. The fraction of sp³-hybridized carbons (Fsp3) is 0.889. The van der Waals surface area contributed by atoms with Crippen LogP contribution in [0, 0.1) is 0 Å². The SMILES string of the molecule is CO[S+]1OC[C@H](C)N1C(=O)OC(C)(C)C. The molecule has 2 atom stereocenters. The molecule has 1 rings (SSSR count). The molecule has 0 N–H and O–H groups in total. The fourth-order valence-electron chi connectivity index (χ4n) is 1.10. The summed E-state index contributed by atoms with van der Waals surface area (Å²) in [5.74, 6) is 0. The number of amides is 1. The van der Waals surface area contributed by atoms with Crippen LogP contribution < -0.4 is 0 Å². The zero-order valence-corrected chi connectivity index (χ0v) is 10.6. The molecule has 88 valence electrons. The molecule has 1 fully saturated rings. The standard InChI is InChI=1S/C9H18NO4S/c1-7-6-13-15(12-5)10(7)8(11)14-9(2,3)4/h7H,6H2,1-5H3/q+1/t7-,15?/m0/s1. The molecular formula is C9H18NO4S+. The summed E-state index contributed by atoms with van der Waals surface area (Å²) in [5.41, 5.74) is -0.498. The van der Waals surface area contributed by atoms with Crippen LogP contribution in [0.1, 0.15) is 27.7 Å². The second kappa shape index (κ2) is 4.59. The molecule has 1 aliphatic heterocycles. The normalized spacial score (nSPS) is 26.9. The molecule has 1 heterocycles. The van der Waals surface area contributed by atoms with E-state index in [4.69, 9.17) is 13.1 Å². The Labute approximate surface area is 93.6 Å². The van der Waals surface area contributed by atoms with Crippen LogP contribution in [0.5, 0.6) is 0 Å². The Kier molecular flexibility index (Phi) is 3.86. The van der Waals surface area contributed by atoms with Crippen molar-refractivity contribution in [3.63, 3.8) is 0 Å². The van der Waals surface area contributed by atoms with Crippen molar-refractivity contribution >= 4 is 17.7 Å². The van der Waals surface area contributed by atoms with Crippen LogP contribution in [0.2, 0.25) is 0 Å². The predicted octanol–water partition coefficient (Wildman–Crippen LogP) is 1.65. The van der Waals surface area contributed by atoms with E-state index >= 15 is 0 Å². The van der Waals surface area contributed by atoms with E-state index in [2.05, 4.69) is 0 Å². The van der Waals surface area contributed by atoms with E-state index in [9.17, 15) is 4.79 Å². The molecule has 0 saturated carbocycles. The Balaban J connectivity index is 2.64. The van der Waals surface area contributed by atoms with E-state index in [-0.39, 0.29) is 6.04 Å². The monoisotopic (exact) mass is 236 g/mol. The van der Waals surface area contributed by atoms with Crippen LogP contribution >= 0.6 is 0 Å². The molecule has 0 aromatic heterocycles. The minimum Gasteiger partial charge on any atom is -0.441 e. The first-order valence-electron chi connectivity index (χ1n) is 4.79. The van der Waals surface area contributed by atoms with Crippen molar-refractivity contribution in [3.8, 4) is 0 Å². The van der Waals surface area contributed by atoms with E-state index < -0.39 is 23.3 Å². The summed E-state index contributed by atoms with van der Waals surface area (Å²) >= 11 is -0.908. The Morgan fingerprint density at radius 3 is 2.60 bits per heavy atom. The Morgan fingerprint density at radius 2 is 2.13 bits per heavy atom. The van der Waals surface area contributed by atoms with E-state index in [1.165, 1.54) is 11.4 Å². The first-order chi connectivity index (χ1) is 6.85. The van der Waals surface area contributed by atoms with Gasteiger partial charge in [-0.2, -0.15) is 0 Å². The molecule has 1 unspecified atom stereocenters. The molecule has 0 aliphatic carbocycles. The lowest BCUT2D eigenvalue weighted by Crippen LogP contribution is -2.41. The number of hydrogen-bond donors (Lipinski definition) is 0. The smallest absolute Gasteiger partial charge is 0.441 e. The zero-order chi connectivity index (χ0) is 11.6. The molecule has 1 saturated heterocycles. The van der Waals surface area contributed by atoms with Gasteiger partial charge in [0.05, 0.1) is 7.11 Å². The molecule has 1 amide bonds. The number of ether oxygens (including phenoxy) is 1. The Morgan fingerprint density at radius 1 is 1.53 bits per heavy atom. The van der Waals surface area contributed by atoms with Crippen molar-refractivity contribution in [2.24, 2.45) is 0 Å².